The van der Waals surface area contributed by atoms with Gasteiger partial charge < -0.3 is 10.5 Å². The quantitative estimate of drug-likeness (QED) is 0.806. The number of ether oxygens (including phenoxy) is 1. The summed E-state index contributed by atoms with van der Waals surface area (Å²) in [4.78, 5) is 19.7. The second-order valence-corrected chi connectivity index (χ2v) is 5.25. The summed E-state index contributed by atoms with van der Waals surface area (Å²) in [6, 6.07) is 6.01. The maximum absolute atomic E-state index is 13.0. The molecule has 0 saturated heterocycles. The predicted molar refractivity (Wildman–Crippen MR) is 77.9 cm³/mol. The van der Waals surface area contributed by atoms with Gasteiger partial charge in [0.05, 0.1) is 11.8 Å². The van der Waals surface area contributed by atoms with Crippen LogP contribution in [0, 0.1) is 5.82 Å². The molecule has 0 aliphatic heterocycles. The van der Waals surface area contributed by atoms with Gasteiger partial charge in [0.25, 0.3) is 5.91 Å². The van der Waals surface area contributed by atoms with Crippen LogP contribution in [0.15, 0.2) is 30.5 Å². The zero-order valence-corrected chi connectivity index (χ0v) is 11.8. The Morgan fingerprint density at radius 1 is 1.33 bits per heavy atom. The van der Waals surface area contributed by atoms with Crippen LogP contribution < -0.4 is 10.5 Å². The Labute approximate surface area is 123 Å². The van der Waals surface area contributed by atoms with Crippen LogP contribution in [0.3, 0.4) is 0 Å². The topological polar surface area (TPSA) is 78.1 Å². The third-order valence-electron chi connectivity index (χ3n) is 2.94. The molecule has 0 radical (unpaired) electrons. The molecule has 2 heterocycles. The van der Waals surface area contributed by atoms with Crippen molar-refractivity contribution in [2.45, 2.75) is 0 Å². The van der Waals surface area contributed by atoms with Crippen LogP contribution in [0.5, 0.6) is 5.88 Å². The average Bonchev–Trinajstić information content (AvgIpc) is 2.92. The van der Waals surface area contributed by atoms with Crippen LogP contribution in [0.2, 0.25) is 0 Å². The number of halogens is 1. The molecule has 21 heavy (non-hydrogen) atoms. The summed E-state index contributed by atoms with van der Waals surface area (Å²) in [7, 11) is 1.47. The van der Waals surface area contributed by atoms with Crippen LogP contribution in [0.1, 0.15) is 9.80 Å². The molecule has 2 N–H and O–H groups in total. The summed E-state index contributed by atoms with van der Waals surface area (Å²) in [5.41, 5.74) is 7.27. The zero-order valence-electron chi connectivity index (χ0n) is 11.0. The van der Waals surface area contributed by atoms with E-state index in [-0.39, 0.29) is 10.8 Å². The predicted octanol–water partition coefficient (Wildman–Crippen LogP) is 2.60. The van der Waals surface area contributed by atoms with Crippen molar-refractivity contribution >= 4 is 27.5 Å². The Morgan fingerprint density at radius 2 is 2.05 bits per heavy atom. The minimum Gasteiger partial charge on any atom is -0.479 e. The van der Waals surface area contributed by atoms with Crippen molar-refractivity contribution in [3.63, 3.8) is 0 Å². The van der Waals surface area contributed by atoms with E-state index in [1.54, 1.807) is 18.3 Å². The minimum absolute atomic E-state index is 0.180. The SMILES string of the molecule is COc1ncc(-c2ccc(F)cc2)c2sc(C(N)=O)nc12. The molecular weight excluding hydrogens is 293 g/mol. The highest BCUT2D eigenvalue weighted by atomic mass is 32.1. The number of hydrogen-bond donors (Lipinski definition) is 1. The second kappa shape index (κ2) is 5.10. The molecule has 106 valence electrons. The first kappa shape index (κ1) is 13.4. The molecule has 1 amide bonds. The van der Waals surface area contributed by atoms with E-state index in [0.29, 0.717) is 11.4 Å². The standard InChI is InChI=1S/C14H10FN3O2S/c1-20-13-10-11(21-14(18-10)12(16)19)9(6-17-13)7-2-4-8(15)5-3-7/h2-6H,1H3,(H2,16,19). The van der Waals surface area contributed by atoms with Crippen molar-refractivity contribution in [3.05, 3.63) is 41.3 Å². The molecule has 0 unspecified atom stereocenters. The van der Waals surface area contributed by atoms with Crippen molar-refractivity contribution < 1.29 is 13.9 Å². The summed E-state index contributed by atoms with van der Waals surface area (Å²) in [6.07, 6.45) is 1.61. The van der Waals surface area contributed by atoms with Crippen LogP contribution in [-0.2, 0) is 0 Å². The van der Waals surface area contributed by atoms with Gasteiger partial charge in [-0.05, 0) is 17.7 Å². The highest BCUT2D eigenvalue weighted by molar-refractivity contribution is 7.20. The molecule has 0 atom stereocenters. The number of thiazole rings is 1. The summed E-state index contributed by atoms with van der Waals surface area (Å²) in [6.45, 7) is 0. The summed E-state index contributed by atoms with van der Waals surface area (Å²) in [5.74, 6) is -0.610. The average molecular weight is 303 g/mol. The van der Waals surface area contributed by atoms with Gasteiger partial charge in [-0.2, -0.15) is 0 Å². The van der Waals surface area contributed by atoms with Gasteiger partial charge in [-0.25, -0.2) is 14.4 Å². The lowest BCUT2D eigenvalue weighted by atomic mass is 10.1. The molecular formula is C14H10FN3O2S. The van der Waals surface area contributed by atoms with Gasteiger partial charge in [-0.1, -0.05) is 12.1 Å². The second-order valence-electron chi connectivity index (χ2n) is 4.25. The number of hydrogen-bond acceptors (Lipinski definition) is 5. The van der Waals surface area contributed by atoms with E-state index in [0.717, 1.165) is 27.2 Å². The molecule has 0 bridgehead atoms. The Morgan fingerprint density at radius 3 is 2.67 bits per heavy atom. The number of primary amides is 1. The number of fused-ring (bicyclic) bond motifs is 1. The largest absolute Gasteiger partial charge is 0.479 e. The number of benzene rings is 1. The fraction of sp³-hybridized carbons (Fsp3) is 0.0714. The first-order valence-electron chi connectivity index (χ1n) is 5.99. The van der Waals surface area contributed by atoms with Crippen molar-refractivity contribution in [2.75, 3.05) is 7.11 Å². The third kappa shape index (κ3) is 2.31. The number of nitrogens with two attached hydrogens (primary N) is 1. The van der Waals surface area contributed by atoms with E-state index in [4.69, 9.17) is 10.5 Å². The molecule has 3 rings (SSSR count). The van der Waals surface area contributed by atoms with Gasteiger partial charge in [0, 0.05) is 11.8 Å². The van der Waals surface area contributed by atoms with E-state index < -0.39 is 5.91 Å². The number of aromatic nitrogens is 2. The number of amides is 1. The molecule has 0 saturated carbocycles. The molecule has 7 heteroatoms. The van der Waals surface area contributed by atoms with E-state index in [1.165, 1.54) is 19.2 Å². The van der Waals surface area contributed by atoms with Gasteiger partial charge in [0.15, 0.2) is 5.01 Å². The van der Waals surface area contributed by atoms with E-state index >= 15 is 0 Å². The van der Waals surface area contributed by atoms with Gasteiger partial charge in [-0.3, -0.25) is 4.79 Å². The Balaban J connectivity index is 2.28. The fourth-order valence-electron chi connectivity index (χ4n) is 1.98. The number of rotatable bonds is 3. The Kier molecular flexibility index (Phi) is 3.26. The maximum Gasteiger partial charge on any atom is 0.277 e. The fourth-order valence-corrected chi connectivity index (χ4v) is 2.92. The van der Waals surface area contributed by atoms with Crippen molar-refractivity contribution in [1.29, 1.82) is 0 Å². The van der Waals surface area contributed by atoms with Crippen molar-refractivity contribution in [1.82, 2.24) is 9.97 Å². The lowest BCUT2D eigenvalue weighted by Gasteiger charge is -2.05. The Hall–Kier alpha value is -2.54. The monoisotopic (exact) mass is 303 g/mol. The van der Waals surface area contributed by atoms with Gasteiger partial charge >= 0.3 is 0 Å². The summed E-state index contributed by atoms with van der Waals surface area (Å²) >= 11 is 1.16. The minimum atomic E-state index is -0.608. The normalized spacial score (nSPS) is 10.8. The summed E-state index contributed by atoms with van der Waals surface area (Å²) in [5, 5.41) is 0.180. The van der Waals surface area contributed by atoms with Crippen molar-refractivity contribution in [3.8, 4) is 17.0 Å². The smallest absolute Gasteiger partial charge is 0.277 e. The van der Waals surface area contributed by atoms with Gasteiger partial charge in [-0.15, -0.1) is 11.3 Å². The first-order chi connectivity index (χ1) is 10.1. The Bertz CT molecular complexity index is 830. The lowest BCUT2D eigenvalue weighted by Crippen LogP contribution is -2.09. The maximum atomic E-state index is 13.0. The number of carbonyl (C=O) groups excluding carboxylic acids is 1. The molecule has 5 nitrogen and oxygen atoms in total. The van der Waals surface area contributed by atoms with Crippen molar-refractivity contribution in [2.24, 2.45) is 5.73 Å². The molecule has 0 aliphatic rings. The van der Waals surface area contributed by atoms with E-state index in [2.05, 4.69) is 9.97 Å². The number of carbonyl (C=O) groups is 1. The molecule has 0 spiro atoms. The highest BCUT2D eigenvalue weighted by Gasteiger charge is 2.17. The highest BCUT2D eigenvalue weighted by Crippen LogP contribution is 2.36. The van der Waals surface area contributed by atoms with Gasteiger partial charge in [0.1, 0.15) is 11.3 Å². The molecule has 0 aliphatic carbocycles. The summed E-state index contributed by atoms with van der Waals surface area (Å²) < 4.78 is 18.9. The molecule has 0 fully saturated rings. The molecule has 1 aromatic carbocycles. The van der Waals surface area contributed by atoms with Crippen LogP contribution >= 0.6 is 11.3 Å². The van der Waals surface area contributed by atoms with Gasteiger partial charge in [0.2, 0.25) is 5.88 Å². The first-order valence-corrected chi connectivity index (χ1v) is 6.81. The van der Waals surface area contributed by atoms with Crippen LogP contribution in [0.25, 0.3) is 21.3 Å². The number of nitrogens with zero attached hydrogens (tertiary/aromatic N) is 2. The molecule has 2 aromatic heterocycles. The lowest BCUT2D eigenvalue weighted by molar-refractivity contribution is 0.1000. The van der Waals surface area contributed by atoms with E-state index in [9.17, 15) is 9.18 Å². The molecule has 3 aromatic rings. The van der Waals surface area contributed by atoms with Crippen LogP contribution in [-0.4, -0.2) is 23.0 Å². The van der Waals surface area contributed by atoms with E-state index in [1.807, 2.05) is 0 Å². The zero-order chi connectivity index (χ0) is 15.0. The number of pyridine rings is 1. The number of methoxy groups -OCH3 is 1. The van der Waals surface area contributed by atoms with Crippen LogP contribution in [0.4, 0.5) is 4.39 Å². The third-order valence-corrected chi connectivity index (χ3v) is 4.05.